The van der Waals surface area contributed by atoms with Crippen LogP contribution in [0.4, 0.5) is 5.69 Å². The lowest BCUT2D eigenvalue weighted by Crippen LogP contribution is -2.28. The van der Waals surface area contributed by atoms with E-state index >= 15 is 0 Å². The van der Waals surface area contributed by atoms with Crippen LogP contribution in [0.3, 0.4) is 0 Å². The molecule has 0 saturated heterocycles. The van der Waals surface area contributed by atoms with Gasteiger partial charge in [0, 0.05) is 13.7 Å². The summed E-state index contributed by atoms with van der Waals surface area (Å²) in [5, 5.41) is 9.79. The van der Waals surface area contributed by atoms with E-state index in [0.717, 1.165) is 0 Å². The van der Waals surface area contributed by atoms with Gasteiger partial charge in [0.1, 0.15) is 0 Å². The number of aliphatic hydroxyl groups excluding tert-OH is 1. The third-order valence-electron chi connectivity index (χ3n) is 2.70. The van der Waals surface area contributed by atoms with Gasteiger partial charge >= 0.3 is 0 Å². The van der Waals surface area contributed by atoms with Crippen LogP contribution in [0.15, 0.2) is 17.0 Å². The van der Waals surface area contributed by atoms with Gasteiger partial charge in [-0.1, -0.05) is 11.6 Å². The number of rotatable bonds is 7. The van der Waals surface area contributed by atoms with Crippen molar-refractivity contribution >= 4 is 27.3 Å². The maximum Gasteiger partial charge on any atom is 0.240 e. The zero-order valence-corrected chi connectivity index (χ0v) is 13.0. The van der Waals surface area contributed by atoms with Gasteiger partial charge in [-0.15, -0.1) is 0 Å². The Morgan fingerprint density at radius 2 is 2.15 bits per heavy atom. The van der Waals surface area contributed by atoms with Gasteiger partial charge in [0.15, 0.2) is 0 Å². The first kappa shape index (κ1) is 17.2. The average Bonchev–Trinajstić information content (AvgIpc) is 2.35. The van der Waals surface area contributed by atoms with E-state index in [1.807, 2.05) is 0 Å². The van der Waals surface area contributed by atoms with Crippen molar-refractivity contribution in [3.05, 3.63) is 22.7 Å². The van der Waals surface area contributed by atoms with Crippen LogP contribution in [-0.4, -0.2) is 39.9 Å². The van der Waals surface area contributed by atoms with Crippen molar-refractivity contribution in [3.8, 4) is 0 Å². The molecule has 1 unspecified atom stereocenters. The molecule has 0 amide bonds. The van der Waals surface area contributed by atoms with E-state index in [1.54, 1.807) is 6.92 Å². The molecule has 1 atom stereocenters. The first-order valence-corrected chi connectivity index (χ1v) is 7.86. The Bertz CT molecular complexity index is 540. The Morgan fingerprint density at radius 1 is 1.50 bits per heavy atom. The summed E-state index contributed by atoms with van der Waals surface area (Å²) in [6, 6.07) is 2.76. The summed E-state index contributed by atoms with van der Waals surface area (Å²) in [6.07, 6.45) is -0.450. The van der Waals surface area contributed by atoms with Crippen LogP contribution in [0.25, 0.3) is 0 Å². The average molecular weight is 323 g/mol. The molecule has 0 saturated carbocycles. The number of aliphatic hydroxyl groups is 1. The van der Waals surface area contributed by atoms with Crippen molar-refractivity contribution in [3.63, 3.8) is 0 Å². The van der Waals surface area contributed by atoms with E-state index in [1.165, 1.54) is 19.2 Å². The lowest BCUT2D eigenvalue weighted by Gasteiger charge is -2.12. The molecule has 1 aromatic rings. The molecule has 0 heterocycles. The zero-order valence-electron chi connectivity index (χ0n) is 11.4. The maximum absolute atomic E-state index is 12.1. The first-order valence-electron chi connectivity index (χ1n) is 6.00. The maximum atomic E-state index is 12.1. The van der Waals surface area contributed by atoms with E-state index in [-0.39, 0.29) is 30.2 Å². The number of hydrogen-bond acceptors (Lipinski definition) is 5. The smallest absolute Gasteiger partial charge is 0.240 e. The second-order valence-electron chi connectivity index (χ2n) is 4.44. The van der Waals surface area contributed by atoms with Crippen LogP contribution >= 0.6 is 11.6 Å². The van der Waals surface area contributed by atoms with Crippen molar-refractivity contribution in [1.82, 2.24) is 4.72 Å². The summed E-state index contributed by atoms with van der Waals surface area (Å²) >= 11 is 5.89. The number of ether oxygens (including phenoxy) is 1. The molecule has 4 N–H and O–H groups in total. The molecule has 0 aliphatic carbocycles. The Labute approximate surface area is 123 Å². The first-order chi connectivity index (χ1) is 9.27. The van der Waals surface area contributed by atoms with Gasteiger partial charge in [0.25, 0.3) is 0 Å². The highest BCUT2D eigenvalue weighted by Crippen LogP contribution is 2.26. The fourth-order valence-electron chi connectivity index (χ4n) is 1.64. The second kappa shape index (κ2) is 7.24. The standard InChI is InChI=1S/C12H19ClN2O4S/c1-8-5-10(6-11(14)12(8)13)20(17,18)15-4-3-9(16)7-19-2/h5-6,9,15-16H,3-4,7,14H2,1-2H3. The van der Waals surface area contributed by atoms with E-state index < -0.39 is 16.1 Å². The Kier molecular flexibility index (Phi) is 6.22. The van der Waals surface area contributed by atoms with Crippen LogP contribution in [0.1, 0.15) is 12.0 Å². The number of aryl methyl sites for hydroxylation is 1. The van der Waals surface area contributed by atoms with Crippen molar-refractivity contribution in [1.29, 1.82) is 0 Å². The topological polar surface area (TPSA) is 102 Å². The molecule has 6 nitrogen and oxygen atoms in total. The van der Waals surface area contributed by atoms with Crippen molar-refractivity contribution in [2.45, 2.75) is 24.3 Å². The van der Waals surface area contributed by atoms with Crippen LogP contribution in [0.2, 0.25) is 5.02 Å². The highest BCUT2D eigenvalue weighted by atomic mass is 35.5. The third kappa shape index (κ3) is 4.60. The van der Waals surface area contributed by atoms with Crippen LogP contribution in [0.5, 0.6) is 0 Å². The zero-order chi connectivity index (χ0) is 15.3. The van der Waals surface area contributed by atoms with Crippen LogP contribution < -0.4 is 10.5 Å². The molecule has 0 aromatic heterocycles. The van der Waals surface area contributed by atoms with Crippen LogP contribution in [-0.2, 0) is 14.8 Å². The molecule has 0 aliphatic heterocycles. The van der Waals surface area contributed by atoms with E-state index in [9.17, 15) is 13.5 Å². The summed E-state index contributed by atoms with van der Waals surface area (Å²) in [7, 11) is -2.21. The molecular formula is C12H19ClN2O4S. The molecular weight excluding hydrogens is 304 g/mol. The number of sulfonamides is 1. The van der Waals surface area contributed by atoms with Crippen molar-refractivity contribution in [2.75, 3.05) is 26.0 Å². The molecule has 0 radical (unpaired) electrons. The van der Waals surface area contributed by atoms with Gasteiger partial charge in [0.2, 0.25) is 10.0 Å². The summed E-state index contributed by atoms with van der Waals surface area (Å²) < 4.78 is 31.3. The highest BCUT2D eigenvalue weighted by Gasteiger charge is 2.17. The second-order valence-corrected chi connectivity index (χ2v) is 6.58. The van der Waals surface area contributed by atoms with Crippen molar-refractivity contribution < 1.29 is 18.3 Å². The third-order valence-corrected chi connectivity index (χ3v) is 4.65. The predicted octanol–water partition coefficient (Wildman–Crippen LogP) is 0.906. The molecule has 1 aromatic carbocycles. The monoisotopic (exact) mass is 322 g/mol. The van der Waals surface area contributed by atoms with Crippen molar-refractivity contribution in [2.24, 2.45) is 0 Å². The van der Waals surface area contributed by atoms with Gasteiger partial charge in [-0.2, -0.15) is 0 Å². The SMILES string of the molecule is COCC(O)CCNS(=O)(=O)c1cc(C)c(Cl)c(N)c1. The number of halogens is 1. The van der Waals surface area contributed by atoms with Gasteiger partial charge in [0.05, 0.1) is 28.3 Å². The largest absolute Gasteiger partial charge is 0.397 e. The number of nitrogens with one attached hydrogen (secondary N) is 1. The molecule has 8 heteroatoms. The van der Waals surface area contributed by atoms with Gasteiger partial charge in [-0.05, 0) is 31.0 Å². The summed E-state index contributed by atoms with van der Waals surface area (Å²) in [5.74, 6) is 0. The molecule has 0 aliphatic rings. The molecule has 20 heavy (non-hydrogen) atoms. The fourth-order valence-corrected chi connectivity index (χ4v) is 2.91. The minimum Gasteiger partial charge on any atom is -0.397 e. The Morgan fingerprint density at radius 3 is 2.70 bits per heavy atom. The number of methoxy groups -OCH3 is 1. The lowest BCUT2D eigenvalue weighted by molar-refractivity contribution is 0.0603. The minimum absolute atomic E-state index is 0.0538. The van der Waals surface area contributed by atoms with Gasteiger partial charge in [-0.25, -0.2) is 13.1 Å². The van der Waals surface area contributed by atoms with Gasteiger partial charge in [-0.3, -0.25) is 0 Å². The minimum atomic E-state index is -3.67. The van der Waals surface area contributed by atoms with Gasteiger partial charge < -0.3 is 15.6 Å². The Hall–Kier alpha value is -0.860. The molecule has 0 fully saturated rings. The van der Waals surface area contributed by atoms with E-state index in [0.29, 0.717) is 10.6 Å². The lowest BCUT2D eigenvalue weighted by atomic mass is 10.2. The number of hydrogen-bond donors (Lipinski definition) is 3. The predicted molar refractivity (Wildman–Crippen MR) is 78.3 cm³/mol. The molecule has 0 bridgehead atoms. The highest BCUT2D eigenvalue weighted by molar-refractivity contribution is 7.89. The number of benzene rings is 1. The summed E-state index contributed by atoms with van der Waals surface area (Å²) in [4.78, 5) is 0.0538. The number of anilines is 1. The summed E-state index contributed by atoms with van der Waals surface area (Å²) in [5.41, 5.74) is 6.46. The van der Waals surface area contributed by atoms with E-state index in [2.05, 4.69) is 4.72 Å². The normalized spacial score (nSPS) is 13.4. The van der Waals surface area contributed by atoms with Crippen LogP contribution in [0, 0.1) is 6.92 Å². The fraction of sp³-hybridized carbons (Fsp3) is 0.500. The molecule has 114 valence electrons. The number of nitrogen functional groups attached to an aromatic ring is 1. The van der Waals surface area contributed by atoms with E-state index in [4.69, 9.17) is 22.1 Å². The summed E-state index contributed by atoms with van der Waals surface area (Å²) in [6.45, 7) is 1.95. The Balaban J connectivity index is 2.75. The quantitative estimate of drug-likeness (QED) is 0.648. The molecule has 1 rings (SSSR count). The number of nitrogens with two attached hydrogens (primary N) is 1. The molecule has 0 spiro atoms.